The Morgan fingerprint density at radius 2 is 2.27 bits per heavy atom. The summed E-state index contributed by atoms with van der Waals surface area (Å²) in [7, 11) is 0. The molecule has 1 aliphatic rings. The van der Waals surface area contributed by atoms with Gasteiger partial charge in [-0.15, -0.1) is 0 Å². The van der Waals surface area contributed by atoms with Gasteiger partial charge in [0.2, 0.25) is 0 Å². The summed E-state index contributed by atoms with van der Waals surface area (Å²) in [5.41, 5.74) is 0. The summed E-state index contributed by atoms with van der Waals surface area (Å²) >= 11 is 0. The molecule has 1 aliphatic heterocycles. The van der Waals surface area contributed by atoms with Gasteiger partial charge in [-0.25, -0.2) is 0 Å². The molecule has 1 saturated heterocycles. The molecule has 0 aromatic carbocycles. The lowest BCUT2D eigenvalue weighted by Crippen LogP contribution is -2.41. The maximum absolute atomic E-state index is 10.9. The van der Waals surface area contributed by atoms with Crippen molar-refractivity contribution < 1.29 is 9.53 Å². The van der Waals surface area contributed by atoms with Crippen molar-refractivity contribution in [1.29, 1.82) is 0 Å². The van der Waals surface area contributed by atoms with Crippen molar-refractivity contribution in [3.05, 3.63) is 12.3 Å². The van der Waals surface area contributed by atoms with E-state index in [1.165, 1.54) is 6.42 Å². The molecular weight excluding hydrogens is 142 g/mol. The van der Waals surface area contributed by atoms with Crippen LogP contribution in [-0.2, 0) is 9.53 Å². The van der Waals surface area contributed by atoms with Crippen LogP contribution < -0.4 is 0 Å². The number of hydrogen-bond donors (Lipinski definition) is 0. The highest BCUT2D eigenvalue weighted by Gasteiger charge is 2.17. The van der Waals surface area contributed by atoms with Gasteiger partial charge < -0.3 is 4.74 Å². The first-order valence-electron chi connectivity index (χ1n) is 3.77. The molecule has 1 heterocycles. The molecule has 0 spiro atoms. The smallest absolute Gasteiger partial charge is 0.325 e. The SMILES string of the molecule is C=C(C)OC(=O)CN1CCC1. The molecule has 0 atom stereocenters. The number of rotatable bonds is 3. The Labute approximate surface area is 66.6 Å². The van der Waals surface area contributed by atoms with Crippen LogP contribution in [-0.4, -0.2) is 30.5 Å². The summed E-state index contributed by atoms with van der Waals surface area (Å²) in [5, 5.41) is 0. The van der Waals surface area contributed by atoms with Crippen LogP contribution in [0.4, 0.5) is 0 Å². The van der Waals surface area contributed by atoms with Gasteiger partial charge in [0.05, 0.1) is 12.3 Å². The predicted molar refractivity (Wildman–Crippen MR) is 42.0 cm³/mol. The topological polar surface area (TPSA) is 29.5 Å². The highest BCUT2D eigenvalue weighted by molar-refractivity contribution is 5.72. The average Bonchev–Trinajstić information content (AvgIpc) is 1.77. The standard InChI is InChI=1S/C8H13NO2/c1-7(2)11-8(10)6-9-4-3-5-9/h1,3-6H2,2H3. The molecule has 0 saturated carbocycles. The van der Waals surface area contributed by atoms with Crippen molar-refractivity contribution in [2.75, 3.05) is 19.6 Å². The number of esters is 1. The number of hydrogen-bond acceptors (Lipinski definition) is 3. The fourth-order valence-corrected chi connectivity index (χ4v) is 0.949. The molecule has 0 amide bonds. The van der Waals surface area contributed by atoms with E-state index in [9.17, 15) is 4.79 Å². The first kappa shape index (κ1) is 8.27. The molecule has 0 aliphatic carbocycles. The summed E-state index contributed by atoms with van der Waals surface area (Å²) in [5.74, 6) is 0.271. The van der Waals surface area contributed by atoms with Crippen LogP contribution in [0.25, 0.3) is 0 Å². The van der Waals surface area contributed by atoms with Crippen LogP contribution in [0.15, 0.2) is 12.3 Å². The van der Waals surface area contributed by atoms with Crippen molar-refractivity contribution in [2.24, 2.45) is 0 Å². The van der Waals surface area contributed by atoms with E-state index in [0.717, 1.165) is 13.1 Å². The minimum Gasteiger partial charge on any atom is -0.431 e. The zero-order chi connectivity index (χ0) is 8.27. The van der Waals surface area contributed by atoms with Gasteiger partial charge in [-0.1, -0.05) is 6.58 Å². The van der Waals surface area contributed by atoms with Crippen molar-refractivity contribution in [1.82, 2.24) is 4.90 Å². The lowest BCUT2D eigenvalue weighted by molar-refractivity contribution is -0.141. The third-order valence-electron chi connectivity index (χ3n) is 1.59. The van der Waals surface area contributed by atoms with Crippen molar-refractivity contribution in [2.45, 2.75) is 13.3 Å². The highest BCUT2D eigenvalue weighted by Crippen LogP contribution is 2.05. The first-order valence-corrected chi connectivity index (χ1v) is 3.77. The Morgan fingerprint density at radius 3 is 2.64 bits per heavy atom. The Morgan fingerprint density at radius 1 is 1.64 bits per heavy atom. The highest BCUT2D eigenvalue weighted by atomic mass is 16.5. The minimum absolute atomic E-state index is 0.197. The van der Waals surface area contributed by atoms with E-state index in [4.69, 9.17) is 4.74 Å². The molecule has 0 aromatic rings. The molecule has 0 unspecified atom stereocenters. The molecule has 3 nitrogen and oxygen atoms in total. The maximum Gasteiger partial charge on any atom is 0.325 e. The summed E-state index contributed by atoms with van der Waals surface area (Å²) in [4.78, 5) is 13.0. The molecule has 1 fully saturated rings. The Bertz CT molecular complexity index is 173. The lowest BCUT2D eigenvalue weighted by Gasteiger charge is -2.29. The number of allylic oxidation sites excluding steroid dienone is 1. The number of likely N-dealkylation sites (tertiary alicyclic amines) is 1. The van der Waals surface area contributed by atoms with Gasteiger partial charge in [0.25, 0.3) is 0 Å². The largest absolute Gasteiger partial charge is 0.431 e. The van der Waals surface area contributed by atoms with Gasteiger partial charge in [-0.05, 0) is 26.4 Å². The molecular formula is C8H13NO2. The molecule has 3 heteroatoms. The van der Waals surface area contributed by atoms with Crippen LogP contribution in [0.5, 0.6) is 0 Å². The second-order valence-electron chi connectivity index (χ2n) is 2.81. The fraction of sp³-hybridized carbons (Fsp3) is 0.625. The molecule has 62 valence electrons. The van der Waals surface area contributed by atoms with Gasteiger partial charge >= 0.3 is 5.97 Å². The molecule has 0 bridgehead atoms. The van der Waals surface area contributed by atoms with Crippen LogP contribution in [0.3, 0.4) is 0 Å². The molecule has 0 N–H and O–H groups in total. The molecule has 0 aromatic heterocycles. The van der Waals surface area contributed by atoms with E-state index in [1.807, 2.05) is 4.90 Å². The summed E-state index contributed by atoms with van der Waals surface area (Å²) in [6.07, 6.45) is 1.19. The van der Waals surface area contributed by atoms with Gasteiger partial charge in [0, 0.05) is 0 Å². The number of carbonyl (C=O) groups is 1. The second kappa shape index (κ2) is 3.53. The van der Waals surface area contributed by atoms with E-state index < -0.39 is 0 Å². The van der Waals surface area contributed by atoms with Crippen LogP contribution >= 0.6 is 0 Å². The lowest BCUT2D eigenvalue weighted by atomic mass is 10.2. The fourth-order valence-electron chi connectivity index (χ4n) is 0.949. The number of ether oxygens (including phenoxy) is 1. The van der Waals surface area contributed by atoms with Gasteiger partial charge in [0.15, 0.2) is 0 Å². The molecule has 0 radical (unpaired) electrons. The first-order chi connectivity index (χ1) is 5.18. The zero-order valence-corrected chi connectivity index (χ0v) is 6.80. The normalized spacial score (nSPS) is 17.2. The summed E-state index contributed by atoms with van der Waals surface area (Å²) in [6, 6.07) is 0. The molecule has 1 rings (SSSR count). The van der Waals surface area contributed by atoms with Crippen LogP contribution in [0.1, 0.15) is 13.3 Å². The summed E-state index contributed by atoms with van der Waals surface area (Å²) < 4.78 is 4.78. The number of nitrogens with zero attached hydrogens (tertiary/aromatic N) is 1. The van der Waals surface area contributed by atoms with E-state index >= 15 is 0 Å². The number of carbonyl (C=O) groups excluding carboxylic acids is 1. The van der Waals surface area contributed by atoms with Crippen LogP contribution in [0, 0.1) is 0 Å². The third-order valence-corrected chi connectivity index (χ3v) is 1.59. The average molecular weight is 155 g/mol. The van der Waals surface area contributed by atoms with Crippen LogP contribution in [0.2, 0.25) is 0 Å². The monoisotopic (exact) mass is 155 g/mol. The van der Waals surface area contributed by atoms with Gasteiger partial charge in [-0.3, -0.25) is 9.69 Å². The van der Waals surface area contributed by atoms with E-state index in [-0.39, 0.29) is 5.97 Å². The quantitative estimate of drug-likeness (QED) is 0.445. The Kier molecular flexibility index (Phi) is 2.65. The predicted octanol–water partition coefficient (Wildman–Crippen LogP) is 0.769. The third kappa shape index (κ3) is 2.72. The van der Waals surface area contributed by atoms with Gasteiger partial charge in [-0.2, -0.15) is 0 Å². The minimum atomic E-state index is -0.197. The van der Waals surface area contributed by atoms with Gasteiger partial charge in [0.1, 0.15) is 0 Å². The Hall–Kier alpha value is -0.830. The summed E-state index contributed by atoms with van der Waals surface area (Å²) in [6.45, 7) is 7.61. The van der Waals surface area contributed by atoms with E-state index in [1.54, 1.807) is 6.92 Å². The van der Waals surface area contributed by atoms with Crippen molar-refractivity contribution in [3.63, 3.8) is 0 Å². The Balaban J connectivity index is 2.14. The van der Waals surface area contributed by atoms with E-state index in [0.29, 0.717) is 12.3 Å². The van der Waals surface area contributed by atoms with E-state index in [2.05, 4.69) is 6.58 Å². The zero-order valence-electron chi connectivity index (χ0n) is 6.80. The van der Waals surface area contributed by atoms with Crippen molar-refractivity contribution in [3.8, 4) is 0 Å². The maximum atomic E-state index is 10.9. The van der Waals surface area contributed by atoms with Crippen molar-refractivity contribution >= 4 is 5.97 Å². The molecule has 11 heavy (non-hydrogen) atoms. The second-order valence-corrected chi connectivity index (χ2v) is 2.81.